The van der Waals surface area contributed by atoms with Crippen LogP contribution >= 0.6 is 0 Å². The van der Waals surface area contributed by atoms with Crippen LogP contribution in [0.1, 0.15) is 13.3 Å². The van der Waals surface area contributed by atoms with Gasteiger partial charge < -0.3 is 10.6 Å². The second kappa shape index (κ2) is 8.12. The Balaban J connectivity index is 2.50. The van der Waals surface area contributed by atoms with E-state index in [1.807, 2.05) is 0 Å². The molecule has 0 aromatic heterocycles. The summed E-state index contributed by atoms with van der Waals surface area (Å²) in [6.07, 6.45) is 4.63. The Morgan fingerprint density at radius 3 is 2.58 bits per heavy atom. The molecule has 2 unspecified atom stereocenters. The zero-order chi connectivity index (χ0) is 14.3. The molecule has 0 aromatic rings. The van der Waals surface area contributed by atoms with E-state index in [1.165, 1.54) is 0 Å². The van der Waals surface area contributed by atoms with E-state index in [0.29, 0.717) is 38.0 Å². The molecule has 0 aliphatic carbocycles. The van der Waals surface area contributed by atoms with Gasteiger partial charge in [0.15, 0.2) is 0 Å². The molecule has 108 valence electrons. The Labute approximate surface area is 116 Å². The van der Waals surface area contributed by atoms with E-state index >= 15 is 0 Å². The summed E-state index contributed by atoms with van der Waals surface area (Å²) in [5, 5.41) is 0. The van der Waals surface area contributed by atoms with Gasteiger partial charge in [-0.25, -0.2) is 0 Å². The van der Waals surface area contributed by atoms with E-state index in [9.17, 15) is 4.79 Å². The largest absolute Gasteiger partial charge is 0.334 e. The average Bonchev–Trinajstić information content (AvgIpc) is 2.40. The molecule has 0 spiro atoms. The zero-order valence-corrected chi connectivity index (χ0v) is 12.1. The molecule has 2 atom stereocenters. The molecular weight excluding hydrogens is 238 g/mol. The molecular formula is C15H27N3O. The molecule has 1 heterocycles. The van der Waals surface area contributed by atoms with Crippen molar-refractivity contribution >= 4 is 5.91 Å². The van der Waals surface area contributed by atoms with Gasteiger partial charge in [0.25, 0.3) is 0 Å². The van der Waals surface area contributed by atoms with Crippen molar-refractivity contribution in [3.05, 3.63) is 25.3 Å². The predicted molar refractivity (Wildman–Crippen MR) is 79.7 cm³/mol. The van der Waals surface area contributed by atoms with Crippen molar-refractivity contribution in [2.45, 2.75) is 13.3 Å². The van der Waals surface area contributed by atoms with Crippen LogP contribution in [0.15, 0.2) is 25.3 Å². The summed E-state index contributed by atoms with van der Waals surface area (Å²) >= 11 is 0. The van der Waals surface area contributed by atoms with Crippen LogP contribution in [-0.2, 0) is 4.79 Å². The SMILES string of the molecule is C=CCN(CC=C)C(=O)CN1CCC(C)C(CN)C1. The summed E-state index contributed by atoms with van der Waals surface area (Å²) in [6.45, 7) is 13.9. The molecule has 4 heteroatoms. The number of hydrogen-bond acceptors (Lipinski definition) is 3. The van der Waals surface area contributed by atoms with Gasteiger partial charge in [-0.3, -0.25) is 9.69 Å². The summed E-state index contributed by atoms with van der Waals surface area (Å²) in [6, 6.07) is 0. The fraction of sp³-hybridized carbons (Fsp3) is 0.667. The number of carbonyl (C=O) groups excluding carboxylic acids is 1. The molecule has 1 rings (SSSR count). The maximum atomic E-state index is 12.2. The van der Waals surface area contributed by atoms with Crippen LogP contribution in [0, 0.1) is 11.8 Å². The van der Waals surface area contributed by atoms with Crippen LogP contribution < -0.4 is 5.73 Å². The summed E-state index contributed by atoms with van der Waals surface area (Å²) in [5.41, 5.74) is 5.79. The second-order valence-electron chi connectivity index (χ2n) is 5.37. The summed E-state index contributed by atoms with van der Waals surface area (Å²) in [4.78, 5) is 16.2. The first-order chi connectivity index (χ1) is 9.12. The Kier molecular flexibility index (Phi) is 6.81. The molecule has 1 amide bonds. The van der Waals surface area contributed by atoms with Crippen molar-refractivity contribution in [1.29, 1.82) is 0 Å². The first-order valence-electron chi connectivity index (χ1n) is 7.04. The Morgan fingerprint density at radius 1 is 1.42 bits per heavy atom. The smallest absolute Gasteiger partial charge is 0.237 e. The minimum atomic E-state index is 0.144. The number of rotatable bonds is 7. The number of hydrogen-bond donors (Lipinski definition) is 1. The van der Waals surface area contributed by atoms with E-state index in [2.05, 4.69) is 25.0 Å². The lowest BCUT2D eigenvalue weighted by molar-refractivity contribution is -0.132. The van der Waals surface area contributed by atoms with Gasteiger partial charge in [0.05, 0.1) is 6.54 Å². The quantitative estimate of drug-likeness (QED) is 0.701. The standard InChI is InChI=1S/C15H27N3O/c1-4-7-18(8-5-2)15(19)12-17-9-6-13(3)14(10-16)11-17/h4-5,13-14H,1-2,6-12,16H2,3H3. The number of amides is 1. The number of nitrogens with zero attached hydrogens (tertiary/aromatic N) is 2. The van der Waals surface area contributed by atoms with Crippen molar-refractivity contribution in [1.82, 2.24) is 9.80 Å². The maximum Gasteiger partial charge on any atom is 0.237 e. The van der Waals surface area contributed by atoms with Crippen LogP contribution in [0.4, 0.5) is 0 Å². The van der Waals surface area contributed by atoms with Crippen molar-refractivity contribution in [2.75, 3.05) is 39.3 Å². The van der Waals surface area contributed by atoms with Gasteiger partial charge in [-0.2, -0.15) is 0 Å². The number of piperidine rings is 1. The monoisotopic (exact) mass is 265 g/mol. The van der Waals surface area contributed by atoms with Crippen LogP contribution in [-0.4, -0.2) is 55.0 Å². The maximum absolute atomic E-state index is 12.2. The first-order valence-corrected chi connectivity index (χ1v) is 7.04. The van der Waals surface area contributed by atoms with Crippen LogP contribution in [0.3, 0.4) is 0 Å². The molecule has 0 bridgehead atoms. The predicted octanol–water partition coefficient (Wildman–Crippen LogP) is 1.10. The highest BCUT2D eigenvalue weighted by Gasteiger charge is 2.26. The van der Waals surface area contributed by atoms with Gasteiger partial charge >= 0.3 is 0 Å². The van der Waals surface area contributed by atoms with Gasteiger partial charge in [0.2, 0.25) is 5.91 Å². The van der Waals surface area contributed by atoms with Gasteiger partial charge in [0, 0.05) is 19.6 Å². The molecule has 0 saturated carbocycles. The number of nitrogens with two attached hydrogens (primary N) is 1. The van der Waals surface area contributed by atoms with Crippen molar-refractivity contribution < 1.29 is 4.79 Å². The van der Waals surface area contributed by atoms with E-state index in [0.717, 1.165) is 19.5 Å². The lowest BCUT2D eigenvalue weighted by atomic mass is 9.87. The zero-order valence-electron chi connectivity index (χ0n) is 12.1. The normalized spacial score (nSPS) is 23.9. The van der Waals surface area contributed by atoms with E-state index in [1.54, 1.807) is 17.1 Å². The Morgan fingerprint density at radius 2 is 2.05 bits per heavy atom. The molecule has 1 saturated heterocycles. The highest BCUT2D eigenvalue weighted by Crippen LogP contribution is 2.21. The highest BCUT2D eigenvalue weighted by atomic mass is 16.2. The van der Waals surface area contributed by atoms with Crippen molar-refractivity contribution in [3.63, 3.8) is 0 Å². The van der Waals surface area contributed by atoms with E-state index < -0.39 is 0 Å². The first kappa shape index (κ1) is 15.9. The fourth-order valence-electron chi connectivity index (χ4n) is 2.56. The lowest BCUT2D eigenvalue weighted by Crippen LogP contribution is -2.47. The Hall–Kier alpha value is -1.13. The van der Waals surface area contributed by atoms with Crippen molar-refractivity contribution in [2.24, 2.45) is 17.6 Å². The second-order valence-corrected chi connectivity index (χ2v) is 5.37. The van der Waals surface area contributed by atoms with Crippen molar-refractivity contribution in [3.8, 4) is 0 Å². The molecule has 1 aliphatic heterocycles. The molecule has 19 heavy (non-hydrogen) atoms. The van der Waals surface area contributed by atoms with Gasteiger partial charge in [-0.1, -0.05) is 19.1 Å². The summed E-state index contributed by atoms with van der Waals surface area (Å²) in [5.74, 6) is 1.31. The van der Waals surface area contributed by atoms with Gasteiger partial charge in [-0.15, -0.1) is 13.2 Å². The average molecular weight is 265 g/mol. The third-order valence-electron chi connectivity index (χ3n) is 3.91. The summed E-state index contributed by atoms with van der Waals surface area (Å²) in [7, 11) is 0. The minimum Gasteiger partial charge on any atom is -0.334 e. The molecule has 0 aromatic carbocycles. The molecule has 1 fully saturated rings. The van der Waals surface area contributed by atoms with Crippen LogP contribution in [0.5, 0.6) is 0 Å². The minimum absolute atomic E-state index is 0.144. The van der Waals surface area contributed by atoms with E-state index in [4.69, 9.17) is 5.73 Å². The molecule has 2 N–H and O–H groups in total. The van der Waals surface area contributed by atoms with Crippen LogP contribution in [0.2, 0.25) is 0 Å². The highest BCUT2D eigenvalue weighted by molar-refractivity contribution is 5.78. The van der Waals surface area contributed by atoms with Gasteiger partial charge in [0.1, 0.15) is 0 Å². The van der Waals surface area contributed by atoms with Crippen LogP contribution in [0.25, 0.3) is 0 Å². The third-order valence-corrected chi connectivity index (χ3v) is 3.91. The topological polar surface area (TPSA) is 49.6 Å². The van der Waals surface area contributed by atoms with E-state index in [-0.39, 0.29) is 5.91 Å². The lowest BCUT2D eigenvalue weighted by Gasteiger charge is -2.37. The number of carbonyl (C=O) groups is 1. The third kappa shape index (κ3) is 4.80. The Bertz CT molecular complexity index is 307. The number of likely N-dealkylation sites (tertiary alicyclic amines) is 1. The summed E-state index contributed by atoms with van der Waals surface area (Å²) < 4.78 is 0. The molecule has 1 aliphatic rings. The molecule has 4 nitrogen and oxygen atoms in total. The van der Waals surface area contributed by atoms with Gasteiger partial charge in [-0.05, 0) is 31.3 Å². The molecule has 0 radical (unpaired) electrons. The fourth-order valence-corrected chi connectivity index (χ4v) is 2.56.